The number of aromatic nitrogens is 2. The molecule has 3 heterocycles. The van der Waals surface area contributed by atoms with Crippen LogP contribution in [0.15, 0.2) is 6.20 Å². The van der Waals surface area contributed by atoms with E-state index in [1.807, 2.05) is 24.9 Å². The number of hydrogen-bond acceptors (Lipinski definition) is 4. The molecule has 2 fully saturated rings. The summed E-state index contributed by atoms with van der Waals surface area (Å²) < 4.78 is 7.69. The standard InChI is InChI=1S/C16H27N5O2/c1-11-13(10-17-21(11)3)15-14(6-9-23-15)19-16(22)18-12-4-7-20(2)8-5-12/h10,12,14-15H,4-9H2,1-3H3,(H2,18,19,22)/t14-,15+/m0/s1. The van der Waals surface area contributed by atoms with Gasteiger partial charge in [-0.2, -0.15) is 5.10 Å². The van der Waals surface area contributed by atoms with E-state index >= 15 is 0 Å². The molecule has 2 N–H and O–H groups in total. The van der Waals surface area contributed by atoms with Crippen molar-refractivity contribution in [2.75, 3.05) is 26.7 Å². The molecule has 3 rings (SSSR count). The van der Waals surface area contributed by atoms with E-state index < -0.39 is 0 Å². The van der Waals surface area contributed by atoms with E-state index in [0.717, 1.165) is 43.6 Å². The molecule has 2 aliphatic rings. The lowest BCUT2D eigenvalue weighted by molar-refractivity contribution is 0.0990. The highest BCUT2D eigenvalue weighted by atomic mass is 16.5. The van der Waals surface area contributed by atoms with Crippen LogP contribution in [0.3, 0.4) is 0 Å². The maximum Gasteiger partial charge on any atom is 0.315 e. The van der Waals surface area contributed by atoms with Crippen molar-refractivity contribution in [3.05, 3.63) is 17.5 Å². The van der Waals surface area contributed by atoms with Crippen LogP contribution >= 0.6 is 0 Å². The van der Waals surface area contributed by atoms with Gasteiger partial charge in [0.05, 0.1) is 12.2 Å². The normalized spacial score (nSPS) is 26.4. The van der Waals surface area contributed by atoms with Crippen molar-refractivity contribution in [3.8, 4) is 0 Å². The summed E-state index contributed by atoms with van der Waals surface area (Å²) in [6, 6.07) is 0.192. The summed E-state index contributed by atoms with van der Waals surface area (Å²) in [6.45, 7) is 4.77. The molecule has 23 heavy (non-hydrogen) atoms. The van der Waals surface area contributed by atoms with Crippen LogP contribution in [0.2, 0.25) is 0 Å². The third-order valence-electron chi connectivity index (χ3n) is 5.04. The topological polar surface area (TPSA) is 71.4 Å². The van der Waals surface area contributed by atoms with Crippen LogP contribution in [0, 0.1) is 6.92 Å². The van der Waals surface area contributed by atoms with Gasteiger partial charge in [-0.1, -0.05) is 0 Å². The second-order valence-corrected chi connectivity index (χ2v) is 6.69. The Kier molecular flexibility index (Phi) is 4.87. The number of carbonyl (C=O) groups is 1. The second-order valence-electron chi connectivity index (χ2n) is 6.69. The zero-order valence-corrected chi connectivity index (χ0v) is 14.2. The number of nitrogens with one attached hydrogen (secondary N) is 2. The van der Waals surface area contributed by atoms with Crippen LogP contribution in [-0.4, -0.2) is 59.5 Å². The lowest BCUT2D eigenvalue weighted by Gasteiger charge is -2.30. The van der Waals surface area contributed by atoms with Gasteiger partial charge in [0, 0.05) is 31.0 Å². The predicted octanol–water partition coefficient (Wildman–Crippen LogP) is 0.952. The fourth-order valence-electron chi connectivity index (χ4n) is 3.39. The third kappa shape index (κ3) is 3.67. The molecule has 2 atom stereocenters. The first-order valence-corrected chi connectivity index (χ1v) is 8.40. The molecule has 7 heteroatoms. The molecule has 0 unspecified atom stereocenters. The summed E-state index contributed by atoms with van der Waals surface area (Å²) in [7, 11) is 4.04. The molecule has 0 aliphatic carbocycles. The van der Waals surface area contributed by atoms with Crippen LogP contribution in [-0.2, 0) is 11.8 Å². The van der Waals surface area contributed by atoms with Gasteiger partial charge < -0.3 is 20.3 Å². The SMILES string of the molecule is Cc1c([C@H]2OCC[C@@H]2NC(=O)NC2CCN(C)CC2)cnn1C. The summed E-state index contributed by atoms with van der Waals surface area (Å²) in [5, 5.41) is 10.5. The fourth-order valence-corrected chi connectivity index (χ4v) is 3.39. The van der Waals surface area contributed by atoms with E-state index in [1.165, 1.54) is 0 Å². The third-order valence-corrected chi connectivity index (χ3v) is 5.04. The molecule has 2 aliphatic heterocycles. The average molecular weight is 321 g/mol. The minimum Gasteiger partial charge on any atom is -0.371 e. The first kappa shape index (κ1) is 16.3. The number of amides is 2. The van der Waals surface area contributed by atoms with Crippen molar-refractivity contribution < 1.29 is 9.53 Å². The van der Waals surface area contributed by atoms with Crippen LogP contribution in [0.4, 0.5) is 4.79 Å². The van der Waals surface area contributed by atoms with E-state index in [4.69, 9.17) is 4.74 Å². The molecule has 0 saturated carbocycles. The molecular weight excluding hydrogens is 294 g/mol. The van der Waals surface area contributed by atoms with Crippen molar-refractivity contribution >= 4 is 6.03 Å². The Morgan fingerprint density at radius 3 is 2.65 bits per heavy atom. The maximum absolute atomic E-state index is 12.3. The molecule has 0 bridgehead atoms. The number of piperidine rings is 1. The summed E-state index contributed by atoms with van der Waals surface area (Å²) in [5.41, 5.74) is 2.15. The second kappa shape index (κ2) is 6.88. The van der Waals surface area contributed by atoms with E-state index in [1.54, 1.807) is 0 Å². The lowest BCUT2D eigenvalue weighted by Crippen LogP contribution is -2.50. The van der Waals surface area contributed by atoms with Crippen molar-refractivity contribution in [1.29, 1.82) is 0 Å². The lowest BCUT2D eigenvalue weighted by atomic mass is 10.0. The van der Waals surface area contributed by atoms with Gasteiger partial charge in [0.1, 0.15) is 6.10 Å². The molecule has 2 saturated heterocycles. The Morgan fingerprint density at radius 1 is 1.26 bits per heavy atom. The number of ether oxygens (including phenoxy) is 1. The van der Waals surface area contributed by atoms with Crippen molar-refractivity contribution in [2.24, 2.45) is 7.05 Å². The Bertz CT molecular complexity index is 551. The highest BCUT2D eigenvalue weighted by molar-refractivity contribution is 5.74. The van der Waals surface area contributed by atoms with E-state index in [-0.39, 0.29) is 24.2 Å². The quantitative estimate of drug-likeness (QED) is 0.870. The highest BCUT2D eigenvalue weighted by Gasteiger charge is 2.33. The minimum atomic E-state index is -0.105. The fraction of sp³-hybridized carbons (Fsp3) is 0.750. The maximum atomic E-state index is 12.3. The molecule has 128 valence electrons. The first-order chi connectivity index (χ1) is 11.0. The van der Waals surface area contributed by atoms with Crippen molar-refractivity contribution in [1.82, 2.24) is 25.3 Å². The monoisotopic (exact) mass is 321 g/mol. The minimum absolute atomic E-state index is 0.00386. The highest BCUT2D eigenvalue weighted by Crippen LogP contribution is 2.30. The Hall–Kier alpha value is -1.60. The summed E-state index contributed by atoms with van der Waals surface area (Å²) in [5.74, 6) is 0. The van der Waals surface area contributed by atoms with Crippen LogP contribution in [0.5, 0.6) is 0 Å². The molecule has 2 amide bonds. The van der Waals surface area contributed by atoms with Gasteiger partial charge in [0.2, 0.25) is 0 Å². The van der Waals surface area contributed by atoms with Gasteiger partial charge in [0.25, 0.3) is 0 Å². The van der Waals surface area contributed by atoms with Gasteiger partial charge >= 0.3 is 6.03 Å². The number of hydrogen-bond donors (Lipinski definition) is 2. The molecule has 7 nitrogen and oxygen atoms in total. The Balaban J connectivity index is 1.56. The van der Waals surface area contributed by atoms with Crippen LogP contribution in [0.25, 0.3) is 0 Å². The zero-order chi connectivity index (χ0) is 16.4. The smallest absolute Gasteiger partial charge is 0.315 e. The summed E-state index contributed by atoms with van der Waals surface area (Å²) >= 11 is 0. The molecule has 0 aromatic carbocycles. The largest absolute Gasteiger partial charge is 0.371 e. The molecule has 0 radical (unpaired) electrons. The predicted molar refractivity (Wildman–Crippen MR) is 87.2 cm³/mol. The van der Waals surface area contributed by atoms with Gasteiger partial charge in [-0.3, -0.25) is 4.68 Å². The number of rotatable bonds is 3. The summed E-state index contributed by atoms with van der Waals surface area (Å²) in [6.07, 6.45) is 4.59. The van der Waals surface area contributed by atoms with Gasteiger partial charge in [0.15, 0.2) is 0 Å². The Labute approximate surface area is 137 Å². The van der Waals surface area contributed by atoms with Gasteiger partial charge in [-0.25, -0.2) is 4.79 Å². The molecule has 1 aromatic heterocycles. The summed E-state index contributed by atoms with van der Waals surface area (Å²) in [4.78, 5) is 14.6. The number of carbonyl (C=O) groups excluding carboxylic acids is 1. The van der Waals surface area contributed by atoms with Crippen molar-refractivity contribution in [3.63, 3.8) is 0 Å². The number of likely N-dealkylation sites (tertiary alicyclic amines) is 1. The van der Waals surface area contributed by atoms with Gasteiger partial charge in [-0.15, -0.1) is 0 Å². The van der Waals surface area contributed by atoms with Crippen molar-refractivity contribution in [2.45, 2.75) is 44.4 Å². The average Bonchev–Trinajstić information content (AvgIpc) is 3.09. The van der Waals surface area contributed by atoms with Crippen LogP contribution in [0.1, 0.15) is 36.6 Å². The number of urea groups is 1. The molecule has 1 aromatic rings. The van der Waals surface area contributed by atoms with E-state index in [0.29, 0.717) is 6.61 Å². The van der Waals surface area contributed by atoms with Crippen LogP contribution < -0.4 is 10.6 Å². The van der Waals surface area contributed by atoms with E-state index in [2.05, 4.69) is 27.7 Å². The molecule has 0 spiro atoms. The van der Waals surface area contributed by atoms with E-state index in [9.17, 15) is 4.79 Å². The first-order valence-electron chi connectivity index (χ1n) is 8.40. The zero-order valence-electron chi connectivity index (χ0n) is 14.2. The van der Waals surface area contributed by atoms with Gasteiger partial charge in [-0.05, 0) is 46.3 Å². The number of nitrogens with zero attached hydrogens (tertiary/aromatic N) is 3. The molecular formula is C16H27N5O2. The number of aryl methyl sites for hydroxylation is 1. The Morgan fingerprint density at radius 2 is 2.00 bits per heavy atom.